The number of ether oxygens (including phenoxy) is 4. The fraction of sp³-hybridized carbons (Fsp3) is 0.385. The number of hydrogen-bond acceptors (Lipinski definition) is 6. The van der Waals surface area contributed by atoms with Crippen molar-refractivity contribution in [1.29, 1.82) is 0 Å². The minimum atomic E-state index is -0.442. The van der Waals surface area contributed by atoms with Gasteiger partial charge in [-0.05, 0) is 24.0 Å². The molecule has 0 aliphatic carbocycles. The van der Waals surface area contributed by atoms with Gasteiger partial charge < -0.3 is 18.9 Å². The molecule has 7 heteroatoms. The summed E-state index contributed by atoms with van der Waals surface area (Å²) >= 11 is 0. The van der Waals surface area contributed by atoms with Crippen LogP contribution in [0.1, 0.15) is 30.2 Å². The van der Waals surface area contributed by atoms with Gasteiger partial charge >= 0.3 is 5.69 Å². The van der Waals surface area contributed by atoms with Gasteiger partial charge in [0.25, 0.3) is 0 Å². The Balaban J connectivity index is 1.29. The Labute approximate surface area is 192 Å². The van der Waals surface area contributed by atoms with Gasteiger partial charge in [0.05, 0.1) is 31.6 Å². The highest BCUT2D eigenvalue weighted by molar-refractivity contribution is 5.66. The molecule has 2 aromatic carbocycles. The summed E-state index contributed by atoms with van der Waals surface area (Å²) in [6, 6.07) is 19.9. The molecule has 1 fully saturated rings. The van der Waals surface area contributed by atoms with E-state index in [1.807, 2.05) is 54.6 Å². The van der Waals surface area contributed by atoms with Crippen LogP contribution in [0.2, 0.25) is 0 Å². The second-order valence-electron chi connectivity index (χ2n) is 8.30. The lowest BCUT2D eigenvalue weighted by Gasteiger charge is -2.29. The van der Waals surface area contributed by atoms with E-state index in [-0.39, 0.29) is 11.8 Å². The SMILES string of the molecule is O=c1nc(OCC2CCCO2)cc2n1C(OCCOCc1ccccc1)Cc1ccccc1-2. The molecule has 1 saturated heterocycles. The highest BCUT2D eigenvalue weighted by atomic mass is 16.5. The summed E-state index contributed by atoms with van der Waals surface area (Å²) in [4.78, 5) is 17.2. The molecule has 0 amide bonds. The molecule has 0 saturated carbocycles. The molecule has 2 unspecified atom stereocenters. The molecule has 0 N–H and O–H groups in total. The van der Waals surface area contributed by atoms with E-state index in [2.05, 4.69) is 11.1 Å². The fourth-order valence-corrected chi connectivity index (χ4v) is 4.35. The monoisotopic (exact) mass is 448 g/mol. The van der Waals surface area contributed by atoms with Gasteiger partial charge in [-0.3, -0.25) is 4.57 Å². The smallest absolute Gasteiger partial charge is 0.353 e. The quantitative estimate of drug-likeness (QED) is 0.464. The Morgan fingerprint density at radius 3 is 2.76 bits per heavy atom. The Morgan fingerprint density at radius 2 is 1.91 bits per heavy atom. The molecule has 33 heavy (non-hydrogen) atoms. The molecule has 0 spiro atoms. The van der Waals surface area contributed by atoms with Gasteiger partial charge in [0.2, 0.25) is 5.88 Å². The van der Waals surface area contributed by atoms with Crippen LogP contribution in [0.4, 0.5) is 0 Å². The molecule has 2 aliphatic rings. The first-order chi connectivity index (χ1) is 16.3. The number of fused-ring (bicyclic) bond motifs is 3. The van der Waals surface area contributed by atoms with Crippen LogP contribution in [0.15, 0.2) is 65.5 Å². The second-order valence-corrected chi connectivity index (χ2v) is 8.30. The Morgan fingerprint density at radius 1 is 1.06 bits per heavy atom. The molecule has 1 aromatic heterocycles. The molecule has 2 aliphatic heterocycles. The lowest BCUT2D eigenvalue weighted by molar-refractivity contribution is -0.0357. The summed E-state index contributed by atoms with van der Waals surface area (Å²) in [5.74, 6) is 0.323. The maximum atomic E-state index is 13.0. The largest absolute Gasteiger partial charge is 0.475 e. The van der Waals surface area contributed by atoms with Gasteiger partial charge in [-0.15, -0.1) is 0 Å². The standard InChI is InChI=1S/C26H28N2O5/c29-26-27-24(33-18-21-10-6-12-31-21)16-23-22-11-5-4-9-20(22)15-25(28(23)26)32-14-13-30-17-19-7-2-1-3-8-19/h1-5,7-9,11,16,21,25H,6,10,12-15,17-18H2. The predicted octanol–water partition coefficient (Wildman–Crippen LogP) is 3.76. The minimum absolute atomic E-state index is 0.0600. The van der Waals surface area contributed by atoms with Crippen molar-refractivity contribution in [3.8, 4) is 17.1 Å². The molecule has 5 rings (SSSR count). The van der Waals surface area contributed by atoms with Crippen molar-refractivity contribution in [3.05, 3.63) is 82.3 Å². The molecular weight excluding hydrogens is 420 g/mol. The number of benzene rings is 2. The lowest BCUT2D eigenvalue weighted by atomic mass is 9.97. The Kier molecular flexibility index (Phi) is 6.81. The molecular formula is C26H28N2O5. The topological polar surface area (TPSA) is 71.8 Å². The van der Waals surface area contributed by atoms with Crippen molar-refractivity contribution >= 4 is 0 Å². The first-order valence-electron chi connectivity index (χ1n) is 11.5. The average molecular weight is 449 g/mol. The van der Waals surface area contributed by atoms with E-state index in [1.54, 1.807) is 4.57 Å². The number of aromatic nitrogens is 2. The average Bonchev–Trinajstić information content (AvgIpc) is 3.37. The maximum Gasteiger partial charge on any atom is 0.353 e. The molecule has 3 aromatic rings. The van der Waals surface area contributed by atoms with Crippen LogP contribution < -0.4 is 10.4 Å². The van der Waals surface area contributed by atoms with Crippen LogP contribution in [0.25, 0.3) is 11.3 Å². The Bertz CT molecular complexity index is 1130. The molecule has 0 radical (unpaired) electrons. The third-order valence-electron chi connectivity index (χ3n) is 6.00. The zero-order valence-electron chi connectivity index (χ0n) is 18.5. The van der Waals surface area contributed by atoms with Crippen molar-refractivity contribution in [3.63, 3.8) is 0 Å². The lowest BCUT2D eigenvalue weighted by Crippen LogP contribution is -2.34. The van der Waals surface area contributed by atoms with Crippen LogP contribution in [-0.2, 0) is 27.2 Å². The third-order valence-corrected chi connectivity index (χ3v) is 6.00. The van der Waals surface area contributed by atoms with Crippen molar-refractivity contribution in [2.24, 2.45) is 0 Å². The molecule has 2 atom stereocenters. The summed E-state index contributed by atoms with van der Waals surface area (Å²) < 4.78 is 24.9. The van der Waals surface area contributed by atoms with Gasteiger partial charge in [0.15, 0.2) is 0 Å². The van der Waals surface area contributed by atoms with Gasteiger partial charge in [0, 0.05) is 24.7 Å². The summed E-state index contributed by atoms with van der Waals surface area (Å²) in [6.07, 6.45) is 2.22. The fourth-order valence-electron chi connectivity index (χ4n) is 4.35. The van der Waals surface area contributed by atoms with Gasteiger partial charge in [0.1, 0.15) is 12.8 Å². The van der Waals surface area contributed by atoms with Crippen molar-refractivity contribution in [2.75, 3.05) is 26.4 Å². The van der Waals surface area contributed by atoms with Gasteiger partial charge in [-0.1, -0.05) is 54.6 Å². The Hall–Kier alpha value is -3.00. The number of nitrogens with zero attached hydrogens (tertiary/aromatic N) is 2. The zero-order chi connectivity index (χ0) is 22.5. The summed E-state index contributed by atoms with van der Waals surface area (Å²) in [7, 11) is 0. The first kappa shape index (κ1) is 21.8. The third kappa shape index (κ3) is 5.16. The van der Waals surface area contributed by atoms with E-state index < -0.39 is 6.23 Å². The van der Waals surface area contributed by atoms with Crippen LogP contribution >= 0.6 is 0 Å². The van der Waals surface area contributed by atoms with Crippen LogP contribution in [0.5, 0.6) is 5.88 Å². The number of rotatable bonds is 9. The van der Waals surface area contributed by atoms with Gasteiger partial charge in [-0.2, -0.15) is 4.98 Å². The normalized spacial score (nSPS) is 19.2. The summed E-state index contributed by atoms with van der Waals surface area (Å²) in [6.45, 7) is 2.50. The van der Waals surface area contributed by atoms with E-state index in [4.69, 9.17) is 18.9 Å². The van der Waals surface area contributed by atoms with Crippen LogP contribution in [0.3, 0.4) is 0 Å². The number of hydrogen-bond donors (Lipinski definition) is 0. The van der Waals surface area contributed by atoms with E-state index >= 15 is 0 Å². The van der Waals surface area contributed by atoms with E-state index in [9.17, 15) is 4.79 Å². The van der Waals surface area contributed by atoms with Crippen molar-refractivity contribution in [2.45, 2.75) is 38.2 Å². The summed E-state index contributed by atoms with van der Waals surface area (Å²) in [5, 5.41) is 0. The van der Waals surface area contributed by atoms with Crippen LogP contribution in [0, 0.1) is 0 Å². The predicted molar refractivity (Wildman–Crippen MR) is 123 cm³/mol. The van der Waals surface area contributed by atoms with E-state index in [1.165, 1.54) is 0 Å². The van der Waals surface area contributed by atoms with E-state index in [0.29, 0.717) is 38.7 Å². The first-order valence-corrected chi connectivity index (χ1v) is 11.5. The highest BCUT2D eigenvalue weighted by Gasteiger charge is 2.27. The minimum Gasteiger partial charge on any atom is -0.475 e. The highest BCUT2D eigenvalue weighted by Crippen LogP contribution is 2.34. The molecule has 172 valence electrons. The van der Waals surface area contributed by atoms with Crippen molar-refractivity contribution < 1.29 is 18.9 Å². The van der Waals surface area contributed by atoms with Crippen LogP contribution in [-0.4, -0.2) is 42.1 Å². The van der Waals surface area contributed by atoms with Crippen molar-refractivity contribution in [1.82, 2.24) is 9.55 Å². The molecule has 3 heterocycles. The van der Waals surface area contributed by atoms with Gasteiger partial charge in [-0.25, -0.2) is 4.79 Å². The summed E-state index contributed by atoms with van der Waals surface area (Å²) in [5.41, 5.74) is 3.63. The molecule has 0 bridgehead atoms. The zero-order valence-corrected chi connectivity index (χ0v) is 18.5. The second kappa shape index (κ2) is 10.3. The van der Waals surface area contributed by atoms with E-state index in [0.717, 1.165) is 41.8 Å². The maximum absolute atomic E-state index is 13.0. The molecule has 7 nitrogen and oxygen atoms in total.